The third-order valence-corrected chi connectivity index (χ3v) is 6.71. The van der Waals surface area contributed by atoms with E-state index in [4.69, 9.17) is 4.74 Å². The smallest absolute Gasteiger partial charge is 0.309 e. The summed E-state index contributed by atoms with van der Waals surface area (Å²) in [5.41, 5.74) is 6.03. The molecule has 2 aromatic heterocycles. The number of carbonyl (C=O) groups is 2. The van der Waals surface area contributed by atoms with Crippen LogP contribution in [0.3, 0.4) is 0 Å². The van der Waals surface area contributed by atoms with Crippen molar-refractivity contribution in [2.45, 2.75) is 18.7 Å². The second-order valence-electron chi connectivity index (χ2n) is 7.14. The minimum Gasteiger partial charge on any atom is -0.379 e. The van der Waals surface area contributed by atoms with Crippen molar-refractivity contribution >= 4 is 27.6 Å². The van der Waals surface area contributed by atoms with Crippen LogP contribution >= 0.6 is 0 Å². The lowest BCUT2D eigenvalue weighted by Crippen LogP contribution is -2.42. The average molecular weight is 459 g/mol. The summed E-state index contributed by atoms with van der Waals surface area (Å²) in [6, 6.07) is 7.37. The normalized spacial score (nSPS) is 14.9. The van der Waals surface area contributed by atoms with Crippen LogP contribution in [0.2, 0.25) is 0 Å². The van der Waals surface area contributed by atoms with E-state index in [9.17, 15) is 18.0 Å². The van der Waals surface area contributed by atoms with E-state index in [1.807, 2.05) is 0 Å². The Morgan fingerprint density at radius 2 is 1.75 bits per heavy atom. The minimum absolute atomic E-state index is 0.0164. The molecule has 0 bridgehead atoms. The molecule has 3 aromatic rings. The van der Waals surface area contributed by atoms with Crippen LogP contribution in [0.5, 0.6) is 0 Å². The number of hydrazine groups is 1. The van der Waals surface area contributed by atoms with Crippen molar-refractivity contribution in [3.63, 3.8) is 0 Å². The fourth-order valence-electron chi connectivity index (χ4n) is 3.24. The Morgan fingerprint density at radius 3 is 2.50 bits per heavy atom. The number of aryl methyl sites for hydroxylation is 2. The van der Waals surface area contributed by atoms with Gasteiger partial charge in [-0.05, 0) is 38.1 Å². The van der Waals surface area contributed by atoms with Gasteiger partial charge in [0.2, 0.25) is 15.8 Å². The Balaban J connectivity index is 1.46. The molecular weight excluding hydrogens is 438 g/mol. The van der Waals surface area contributed by atoms with Gasteiger partial charge in [-0.2, -0.15) is 9.29 Å². The molecule has 0 spiro atoms. The van der Waals surface area contributed by atoms with Crippen molar-refractivity contribution in [3.05, 3.63) is 53.1 Å². The number of benzene rings is 1. The van der Waals surface area contributed by atoms with Gasteiger partial charge in [0.15, 0.2) is 0 Å². The Kier molecular flexibility index (Phi) is 5.86. The number of rotatable bonds is 4. The van der Waals surface area contributed by atoms with Crippen molar-refractivity contribution < 1.29 is 22.7 Å². The summed E-state index contributed by atoms with van der Waals surface area (Å²) >= 11 is 0. The van der Waals surface area contributed by atoms with Gasteiger partial charge < -0.3 is 4.74 Å². The number of morpholine rings is 1. The van der Waals surface area contributed by atoms with Crippen molar-refractivity contribution in [2.24, 2.45) is 0 Å². The molecule has 32 heavy (non-hydrogen) atoms. The maximum Gasteiger partial charge on any atom is 0.309 e. The molecular formula is C19H21N7O5S. The van der Waals surface area contributed by atoms with Gasteiger partial charge in [-0.15, -0.1) is 5.10 Å². The fraction of sp³-hybridized carbons (Fsp3) is 0.316. The van der Waals surface area contributed by atoms with E-state index in [0.29, 0.717) is 13.2 Å². The standard InChI is InChI=1S/C19H21N7O5S/c1-12-10-13(2)26-19(20-12)21-16(24-26)18(28)23-22-17(27)14-4-3-5-15(11-14)32(29,30)25-6-8-31-9-7-25/h3-5,10-11H,6-9H2,1-2H3,(H,22,27)(H,23,28). The number of sulfonamides is 1. The van der Waals surface area contributed by atoms with Crippen molar-refractivity contribution in [1.29, 1.82) is 0 Å². The highest BCUT2D eigenvalue weighted by molar-refractivity contribution is 7.89. The van der Waals surface area contributed by atoms with E-state index in [1.165, 1.54) is 33.1 Å². The lowest BCUT2D eigenvalue weighted by molar-refractivity contribution is 0.0730. The van der Waals surface area contributed by atoms with Gasteiger partial charge in [0.05, 0.1) is 18.1 Å². The fourth-order valence-corrected chi connectivity index (χ4v) is 4.69. The summed E-state index contributed by atoms with van der Waals surface area (Å²) in [7, 11) is -3.76. The van der Waals surface area contributed by atoms with Crippen LogP contribution < -0.4 is 10.9 Å². The molecule has 1 aromatic carbocycles. The molecule has 0 unspecified atom stereocenters. The number of hydrogen-bond donors (Lipinski definition) is 2. The zero-order chi connectivity index (χ0) is 22.9. The first-order chi connectivity index (χ1) is 15.3. The summed E-state index contributed by atoms with van der Waals surface area (Å²) in [5.74, 6) is -1.33. The first-order valence-corrected chi connectivity index (χ1v) is 11.2. The largest absolute Gasteiger partial charge is 0.379 e. The monoisotopic (exact) mass is 459 g/mol. The number of carbonyl (C=O) groups excluding carboxylic acids is 2. The number of ether oxygens (including phenoxy) is 1. The quantitative estimate of drug-likeness (QED) is 0.511. The predicted molar refractivity (Wildman–Crippen MR) is 111 cm³/mol. The molecule has 2 N–H and O–H groups in total. The van der Waals surface area contributed by atoms with E-state index in [-0.39, 0.29) is 35.2 Å². The molecule has 1 saturated heterocycles. The Morgan fingerprint density at radius 1 is 1.03 bits per heavy atom. The molecule has 1 aliphatic heterocycles. The lowest BCUT2D eigenvalue weighted by Gasteiger charge is -2.26. The van der Waals surface area contributed by atoms with E-state index in [0.717, 1.165) is 11.4 Å². The van der Waals surface area contributed by atoms with Gasteiger partial charge in [-0.3, -0.25) is 20.4 Å². The maximum atomic E-state index is 12.8. The van der Waals surface area contributed by atoms with Gasteiger partial charge in [0, 0.05) is 30.0 Å². The van der Waals surface area contributed by atoms with Crippen LogP contribution in [0.15, 0.2) is 35.2 Å². The molecule has 4 rings (SSSR count). The number of hydrogen-bond acceptors (Lipinski definition) is 8. The summed E-state index contributed by atoms with van der Waals surface area (Å²) < 4.78 is 33.5. The molecule has 1 fully saturated rings. The third-order valence-electron chi connectivity index (χ3n) is 4.81. The number of amides is 2. The second-order valence-corrected chi connectivity index (χ2v) is 9.08. The van der Waals surface area contributed by atoms with E-state index >= 15 is 0 Å². The van der Waals surface area contributed by atoms with Crippen LogP contribution in [0.4, 0.5) is 0 Å². The van der Waals surface area contributed by atoms with E-state index in [1.54, 1.807) is 19.9 Å². The highest BCUT2D eigenvalue weighted by atomic mass is 32.2. The van der Waals surface area contributed by atoms with Crippen LogP contribution in [0.25, 0.3) is 5.78 Å². The van der Waals surface area contributed by atoms with Gasteiger partial charge in [0.1, 0.15) is 0 Å². The summed E-state index contributed by atoms with van der Waals surface area (Å²) in [4.78, 5) is 33.1. The Bertz CT molecular complexity index is 1300. The molecule has 1 aliphatic rings. The molecule has 168 valence electrons. The van der Waals surface area contributed by atoms with Crippen molar-refractivity contribution in [3.8, 4) is 0 Å². The maximum absolute atomic E-state index is 12.8. The molecule has 2 amide bonds. The average Bonchev–Trinajstić information content (AvgIpc) is 3.22. The zero-order valence-corrected chi connectivity index (χ0v) is 18.2. The molecule has 0 radical (unpaired) electrons. The summed E-state index contributed by atoms with van der Waals surface area (Å²) in [6.07, 6.45) is 0. The molecule has 0 atom stereocenters. The highest BCUT2D eigenvalue weighted by Crippen LogP contribution is 2.18. The Labute approximate surface area is 183 Å². The van der Waals surface area contributed by atoms with E-state index < -0.39 is 21.8 Å². The van der Waals surface area contributed by atoms with Crippen LogP contribution in [-0.4, -0.2) is 70.4 Å². The number of nitrogens with zero attached hydrogens (tertiary/aromatic N) is 5. The number of fused-ring (bicyclic) bond motifs is 1. The highest BCUT2D eigenvalue weighted by Gasteiger charge is 2.27. The van der Waals surface area contributed by atoms with Crippen molar-refractivity contribution in [1.82, 2.24) is 34.7 Å². The third kappa shape index (κ3) is 4.30. The van der Waals surface area contributed by atoms with Gasteiger partial charge in [-0.1, -0.05) is 6.07 Å². The second kappa shape index (κ2) is 8.61. The predicted octanol–water partition coefficient (Wildman–Crippen LogP) is -0.163. The summed E-state index contributed by atoms with van der Waals surface area (Å²) in [6.45, 7) is 4.73. The lowest BCUT2D eigenvalue weighted by atomic mass is 10.2. The molecule has 13 heteroatoms. The number of aromatic nitrogens is 4. The van der Waals surface area contributed by atoms with Gasteiger partial charge >= 0.3 is 5.91 Å². The minimum atomic E-state index is -3.76. The summed E-state index contributed by atoms with van der Waals surface area (Å²) in [5, 5.41) is 4.09. The van der Waals surface area contributed by atoms with Crippen LogP contribution in [0.1, 0.15) is 32.4 Å². The molecule has 3 heterocycles. The Hall–Kier alpha value is -3.42. The first kappa shape index (κ1) is 21.8. The van der Waals surface area contributed by atoms with Gasteiger partial charge in [-0.25, -0.2) is 17.9 Å². The molecule has 0 aliphatic carbocycles. The van der Waals surface area contributed by atoms with Crippen molar-refractivity contribution in [2.75, 3.05) is 26.3 Å². The molecule has 0 saturated carbocycles. The van der Waals surface area contributed by atoms with Crippen LogP contribution in [0, 0.1) is 13.8 Å². The first-order valence-electron chi connectivity index (χ1n) is 9.75. The molecule has 12 nitrogen and oxygen atoms in total. The zero-order valence-electron chi connectivity index (χ0n) is 17.4. The van der Waals surface area contributed by atoms with E-state index in [2.05, 4.69) is 25.9 Å². The topological polar surface area (TPSA) is 148 Å². The number of nitrogens with one attached hydrogen (secondary N) is 2. The van der Waals surface area contributed by atoms with Crippen LogP contribution in [-0.2, 0) is 14.8 Å². The SMILES string of the molecule is Cc1cc(C)n2nc(C(=O)NNC(=O)c3cccc(S(=O)(=O)N4CCOCC4)c3)nc2n1. The van der Waals surface area contributed by atoms with Gasteiger partial charge in [0.25, 0.3) is 11.7 Å².